The van der Waals surface area contributed by atoms with Crippen molar-refractivity contribution in [1.29, 1.82) is 0 Å². The molecule has 1 rings (SSSR count). The smallest absolute Gasteiger partial charge is 0.0242 e. The minimum atomic E-state index is 0.188. The van der Waals surface area contributed by atoms with Crippen molar-refractivity contribution in [2.45, 2.75) is 50.3 Å². The molecule has 0 fully saturated rings. The predicted molar refractivity (Wildman–Crippen MR) is 86.4 cm³/mol. The number of hydrogen-bond donors (Lipinski definition) is 1. The van der Waals surface area contributed by atoms with Crippen molar-refractivity contribution in [3.63, 3.8) is 0 Å². The van der Waals surface area contributed by atoms with Crippen LogP contribution in [0.25, 0.3) is 0 Å². The maximum Gasteiger partial charge on any atom is 0.0242 e. The molecule has 0 saturated heterocycles. The van der Waals surface area contributed by atoms with Crippen molar-refractivity contribution in [2.24, 2.45) is 5.92 Å². The van der Waals surface area contributed by atoms with Gasteiger partial charge in [-0.2, -0.15) is 0 Å². The van der Waals surface area contributed by atoms with Gasteiger partial charge in [0.2, 0.25) is 0 Å². The Hall–Kier alpha value is 0.01000. The molecule has 0 radical (unpaired) electrons. The van der Waals surface area contributed by atoms with E-state index in [1.807, 2.05) is 11.8 Å². The van der Waals surface area contributed by atoms with E-state index >= 15 is 0 Å². The summed E-state index contributed by atoms with van der Waals surface area (Å²) in [5.74, 6) is 0.661. The molecule has 0 spiro atoms. The molecular weight excluding hydrogens is 306 g/mol. The zero-order chi connectivity index (χ0) is 13.8. The minimum absolute atomic E-state index is 0.188. The quantitative estimate of drug-likeness (QED) is 0.766. The monoisotopic (exact) mass is 329 g/mol. The van der Waals surface area contributed by atoms with E-state index < -0.39 is 0 Å². The van der Waals surface area contributed by atoms with Crippen LogP contribution in [0.3, 0.4) is 0 Å². The number of benzene rings is 1. The van der Waals surface area contributed by atoms with E-state index in [9.17, 15) is 0 Å². The fourth-order valence-electron chi connectivity index (χ4n) is 1.51. The molecule has 0 heterocycles. The van der Waals surface area contributed by atoms with Gasteiger partial charge in [0.05, 0.1) is 0 Å². The summed E-state index contributed by atoms with van der Waals surface area (Å²) in [5, 5.41) is 4.21. The first-order valence-corrected chi connectivity index (χ1v) is 8.12. The summed E-state index contributed by atoms with van der Waals surface area (Å²) < 4.78 is 1.14. The van der Waals surface area contributed by atoms with Crippen molar-refractivity contribution in [1.82, 2.24) is 5.32 Å². The van der Waals surface area contributed by atoms with Crippen LogP contribution in [0.15, 0.2) is 33.6 Å². The summed E-state index contributed by atoms with van der Waals surface area (Å²) in [4.78, 5) is 1.34. The molecule has 1 atom stereocenters. The molecule has 0 aromatic heterocycles. The summed E-state index contributed by atoms with van der Waals surface area (Å²) >= 11 is 5.44. The molecule has 0 aliphatic carbocycles. The number of thioether (sulfide) groups is 1. The van der Waals surface area contributed by atoms with Gasteiger partial charge in [-0.1, -0.05) is 29.8 Å². The molecule has 0 bridgehead atoms. The normalized spacial score (nSPS) is 13.9. The third-order valence-corrected chi connectivity index (χ3v) is 4.76. The molecule has 1 N–H and O–H groups in total. The SMILES string of the molecule is CC(C)C(CNC(C)(C)C)Sc1ccc(Br)cc1. The zero-order valence-electron chi connectivity index (χ0n) is 12.0. The Labute approximate surface area is 124 Å². The molecule has 0 amide bonds. The van der Waals surface area contributed by atoms with E-state index in [1.54, 1.807) is 0 Å². The van der Waals surface area contributed by atoms with E-state index in [2.05, 4.69) is 80.1 Å². The van der Waals surface area contributed by atoms with E-state index in [4.69, 9.17) is 0 Å². The van der Waals surface area contributed by atoms with Crippen LogP contribution < -0.4 is 5.32 Å². The first-order chi connectivity index (χ1) is 8.28. The molecule has 0 aliphatic rings. The molecule has 1 unspecified atom stereocenters. The highest BCUT2D eigenvalue weighted by molar-refractivity contribution is 9.10. The Morgan fingerprint density at radius 3 is 2.17 bits per heavy atom. The first-order valence-electron chi connectivity index (χ1n) is 6.45. The fourth-order valence-corrected chi connectivity index (χ4v) is 2.85. The topological polar surface area (TPSA) is 12.0 Å². The minimum Gasteiger partial charge on any atom is -0.311 e. The second-order valence-corrected chi connectivity index (χ2v) is 8.21. The molecule has 0 saturated carbocycles. The Balaban J connectivity index is 2.60. The van der Waals surface area contributed by atoms with Crippen LogP contribution in [0.1, 0.15) is 34.6 Å². The lowest BCUT2D eigenvalue weighted by atomic mass is 10.1. The lowest BCUT2D eigenvalue weighted by molar-refractivity contribution is 0.408. The maximum absolute atomic E-state index is 3.60. The van der Waals surface area contributed by atoms with Crippen LogP contribution in [0.5, 0.6) is 0 Å². The van der Waals surface area contributed by atoms with E-state index in [0.717, 1.165) is 11.0 Å². The molecule has 0 aliphatic heterocycles. The molecule has 1 aromatic carbocycles. The van der Waals surface area contributed by atoms with E-state index in [0.29, 0.717) is 11.2 Å². The Morgan fingerprint density at radius 1 is 1.17 bits per heavy atom. The summed E-state index contributed by atoms with van der Waals surface area (Å²) in [6, 6.07) is 8.58. The van der Waals surface area contributed by atoms with Crippen molar-refractivity contribution in [2.75, 3.05) is 6.54 Å². The average Bonchev–Trinajstić information content (AvgIpc) is 2.25. The van der Waals surface area contributed by atoms with Crippen LogP contribution in [0, 0.1) is 5.92 Å². The van der Waals surface area contributed by atoms with Gasteiger partial charge in [0.25, 0.3) is 0 Å². The van der Waals surface area contributed by atoms with Gasteiger partial charge in [-0.05, 0) is 51.0 Å². The van der Waals surface area contributed by atoms with Gasteiger partial charge in [0, 0.05) is 26.7 Å². The van der Waals surface area contributed by atoms with Gasteiger partial charge in [-0.15, -0.1) is 11.8 Å². The van der Waals surface area contributed by atoms with Crippen LogP contribution in [0.4, 0.5) is 0 Å². The lowest BCUT2D eigenvalue weighted by Gasteiger charge is -2.27. The standard InChI is InChI=1S/C15H24BrNS/c1-11(2)14(10-17-15(3,4)5)18-13-8-6-12(16)7-9-13/h6-9,11,14,17H,10H2,1-5H3. The molecule has 18 heavy (non-hydrogen) atoms. The van der Waals surface area contributed by atoms with Gasteiger partial charge in [-0.3, -0.25) is 0 Å². The number of nitrogens with one attached hydrogen (secondary N) is 1. The Bertz CT molecular complexity index is 354. The summed E-state index contributed by atoms with van der Waals surface area (Å²) in [6.07, 6.45) is 0. The second kappa shape index (κ2) is 6.97. The zero-order valence-corrected chi connectivity index (χ0v) is 14.4. The number of hydrogen-bond acceptors (Lipinski definition) is 2. The second-order valence-electron chi connectivity index (χ2n) is 5.99. The van der Waals surface area contributed by atoms with Crippen molar-refractivity contribution in [3.8, 4) is 0 Å². The van der Waals surface area contributed by atoms with Crippen LogP contribution >= 0.6 is 27.7 Å². The summed E-state index contributed by atoms with van der Waals surface area (Å²) in [5.41, 5.74) is 0.188. The van der Waals surface area contributed by atoms with Crippen LogP contribution in [-0.4, -0.2) is 17.3 Å². The van der Waals surface area contributed by atoms with E-state index in [-0.39, 0.29) is 5.54 Å². The van der Waals surface area contributed by atoms with Crippen molar-refractivity contribution in [3.05, 3.63) is 28.7 Å². The molecule has 1 nitrogen and oxygen atoms in total. The molecule has 1 aromatic rings. The summed E-state index contributed by atoms with van der Waals surface area (Å²) in [7, 11) is 0. The number of halogens is 1. The van der Waals surface area contributed by atoms with Crippen molar-refractivity contribution < 1.29 is 0 Å². The maximum atomic E-state index is 3.60. The Morgan fingerprint density at radius 2 is 1.72 bits per heavy atom. The highest BCUT2D eigenvalue weighted by Crippen LogP contribution is 2.29. The lowest BCUT2D eigenvalue weighted by Crippen LogP contribution is -2.41. The van der Waals surface area contributed by atoms with Gasteiger partial charge >= 0.3 is 0 Å². The fraction of sp³-hybridized carbons (Fsp3) is 0.600. The molecule has 102 valence electrons. The molecule has 3 heteroatoms. The summed E-state index contributed by atoms with van der Waals surface area (Å²) in [6.45, 7) is 12.3. The van der Waals surface area contributed by atoms with Gasteiger partial charge in [0.1, 0.15) is 0 Å². The van der Waals surface area contributed by atoms with Gasteiger partial charge in [-0.25, -0.2) is 0 Å². The molecular formula is C15H24BrNS. The Kier molecular flexibility index (Phi) is 6.22. The third-order valence-electron chi connectivity index (χ3n) is 2.68. The third kappa shape index (κ3) is 6.26. The van der Waals surface area contributed by atoms with Crippen molar-refractivity contribution >= 4 is 27.7 Å². The highest BCUT2D eigenvalue weighted by atomic mass is 79.9. The van der Waals surface area contributed by atoms with E-state index in [1.165, 1.54) is 4.90 Å². The predicted octanol–water partition coefficient (Wildman–Crippen LogP) is 4.95. The average molecular weight is 330 g/mol. The van der Waals surface area contributed by atoms with Gasteiger partial charge < -0.3 is 5.32 Å². The highest BCUT2D eigenvalue weighted by Gasteiger charge is 2.18. The van der Waals surface area contributed by atoms with Gasteiger partial charge in [0.15, 0.2) is 0 Å². The first kappa shape index (κ1) is 16.1. The van der Waals surface area contributed by atoms with Crippen LogP contribution in [0.2, 0.25) is 0 Å². The van der Waals surface area contributed by atoms with Crippen LogP contribution in [-0.2, 0) is 0 Å². The largest absolute Gasteiger partial charge is 0.311 e. The number of rotatable bonds is 5.